The number of benzene rings is 7. The molecule has 7 aromatic carbocycles. The second-order valence-corrected chi connectivity index (χ2v) is 14.4. The molecule has 6 heteroatoms. The molecular formula is C48H28N4OS. The summed E-state index contributed by atoms with van der Waals surface area (Å²) in [4.78, 5) is 20.1. The van der Waals surface area contributed by atoms with Crippen molar-refractivity contribution in [3.63, 3.8) is 0 Å². The maximum absolute atomic E-state index is 6.69. The van der Waals surface area contributed by atoms with Gasteiger partial charge in [0, 0.05) is 53.2 Å². The molecule has 5 nitrogen and oxygen atoms in total. The summed E-state index contributed by atoms with van der Waals surface area (Å²) in [6.45, 7) is 0. The molecular weight excluding hydrogens is 681 g/mol. The van der Waals surface area contributed by atoms with Gasteiger partial charge in [0.2, 0.25) is 0 Å². The maximum atomic E-state index is 6.69. The van der Waals surface area contributed by atoms with Crippen molar-refractivity contribution >= 4 is 64.4 Å². The van der Waals surface area contributed by atoms with Gasteiger partial charge in [-0.15, -0.1) is 11.3 Å². The van der Waals surface area contributed by atoms with Crippen LogP contribution in [0.5, 0.6) is 0 Å². The van der Waals surface area contributed by atoms with Crippen LogP contribution in [0.3, 0.4) is 0 Å². The average molecular weight is 709 g/mol. The Morgan fingerprint density at radius 2 is 0.981 bits per heavy atom. The molecule has 0 aliphatic rings. The zero-order chi connectivity index (χ0) is 35.6. The molecule has 0 bridgehead atoms. The molecule has 0 saturated carbocycles. The van der Waals surface area contributed by atoms with Gasteiger partial charge < -0.3 is 4.42 Å². The number of aromatic nitrogens is 4. The molecule has 0 radical (unpaired) electrons. The van der Waals surface area contributed by atoms with Gasteiger partial charge in [0.05, 0.1) is 16.6 Å². The van der Waals surface area contributed by atoms with Crippen molar-refractivity contribution in [3.8, 4) is 56.5 Å². The molecule has 11 aromatic rings. The summed E-state index contributed by atoms with van der Waals surface area (Å²) < 4.78 is 9.27. The summed E-state index contributed by atoms with van der Waals surface area (Å²) >= 11 is 1.84. The topological polar surface area (TPSA) is 64.7 Å². The fourth-order valence-corrected chi connectivity index (χ4v) is 8.77. The minimum Gasteiger partial charge on any atom is -0.455 e. The van der Waals surface area contributed by atoms with E-state index in [9.17, 15) is 0 Å². The van der Waals surface area contributed by atoms with E-state index < -0.39 is 0 Å². The Morgan fingerprint density at radius 1 is 0.407 bits per heavy atom. The van der Waals surface area contributed by atoms with Crippen LogP contribution in [0, 0.1) is 0 Å². The van der Waals surface area contributed by atoms with Gasteiger partial charge in [-0.1, -0.05) is 146 Å². The van der Waals surface area contributed by atoms with Crippen LogP contribution in [0.25, 0.3) is 110 Å². The van der Waals surface area contributed by atoms with E-state index in [0.29, 0.717) is 17.5 Å². The van der Waals surface area contributed by atoms with Crippen LogP contribution in [0.2, 0.25) is 0 Å². The Morgan fingerprint density at radius 3 is 1.70 bits per heavy atom. The molecule has 0 N–H and O–H groups in total. The van der Waals surface area contributed by atoms with Gasteiger partial charge in [-0.2, -0.15) is 0 Å². The van der Waals surface area contributed by atoms with Gasteiger partial charge in [0.25, 0.3) is 0 Å². The lowest BCUT2D eigenvalue weighted by atomic mass is 9.98. The lowest BCUT2D eigenvalue weighted by Crippen LogP contribution is -2.00. The maximum Gasteiger partial charge on any atom is 0.164 e. The molecule has 54 heavy (non-hydrogen) atoms. The SMILES string of the molecule is c1ccc(-c2nc(-c3ccccc3)nc(-c3ccc(-c4nc5ccc(-c6cccc7c6sc6ccccc67)cc5c5oc6ccccc6c45)cc3)n2)cc1. The molecule has 0 aliphatic heterocycles. The number of fused-ring (bicyclic) bond motifs is 8. The van der Waals surface area contributed by atoms with Crippen LogP contribution >= 0.6 is 11.3 Å². The summed E-state index contributed by atoms with van der Waals surface area (Å²) in [6.07, 6.45) is 0. The summed E-state index contributed by atoms with van der Waals surface area (Å²) in [5.74, 6) is 1.88. The minimum absolute atomic E-state index is 0.612. The zero-order valence-corrected chi connectivity index (χ0v) is 29.6. The number of para-hydroxylation sites is 1. The first kappa shape index (κ1) is 30.6. The van der Waals surface area contributed by atoms with Crippen molar-refractivity contribution in [3.05, 3.63) is 170 Å². The second-order valence-electron chi connectivity index (χ2n) is 13.4. The lowest BCUT2D eigenvalue weighted by Gasteiger charge is -2.11. The molecule has 0 amide bonds. The van der Waals surface area contributed by atoms with E-state index in [4.69, 9.17) is 24.4 Å². The van der Waals surface area contributed by atoms with Gasteiger partial charge in [-0.25, -0.2) is 19.9 Å². The molecule has 252 valence electrons. The highest BCUT2D eigenvalue weighted by Gasteiger charge is 2.20. The number of nitrogens with zero attached hydrogens (tertiary/aromatic N) is 4. The van der Waals surface area contributed by atoms with Crippen LogP contribution in [-0.2, 0) is 0 Å². The highest BCUT2D eigenvalue weighted by atomic mass is 32.1. The van der Waals surface area contributed by atoms with Crippen molar-refractivity contribution < 1.29 is 4.42 Å². The molecule has 0 atom stereocenters. The minimum atomic E-state index is 0.612. The summed E-state index contributed by atoms with van der Waals surface area (Å²) in [5.41, 5.74) is 9.53. The molecule has 0 saturated heterocycles. The first-order valence-electron chi connectivity index (χ1n) is 17.9. The molecule has 4 heterocycles. The molecule has 11 rings (SSSR count). The van der Waals surface area contributed by atoms with Gasteiger partial charge >= 0.3 is 0 Å². The van der Waals surface area contributed by atoms with Crippen molar-refractivity contribution in [2.75, 3.05) is 0 Å². The van der Waals surface area contributed by atoms with E-state index in [-0.39, 0.29) is 0 Å². The van der Waals surface area contributed by atoms with Crippen LogP contribution in [0.1, 0.15) is 0 Å². The first-order valence-corrected chi connectivity index (χ1v) is 18.7. The van der Waals surface area contributed by atoms with E-state index in [1.54, 1.807) is 0 Å². The van der Waals surface area contributed by atoms with Gasteiger partial charge in [0.15, 0.2) is 17.5 Å². The largest absolute Gasteiger partial charge is 0.455 e. The van der Waals surface area contributed by atoms with E-state index in [0.717, 1.165) is 66.4 Å². The standard InChI is InChI=1S/C48H28N4OS/c1-3-12-30(13-4-1)46-50-47(31-14-5-2-6-15-31)52-48(51-46)32-24-22-29(23-25-32)43-42-37-17-7-9-20-40(37)53-44(42)38-28-33(26-27-39(38)49-43)34-18-11-19-36-35-16-8-10-21-41(35)54-45(34)36/h1-28H. The van der Waals surface area contributed by atoms with Crippen molar-refractivity contribution in [1.29, 1.82) is 0 Å². The van der Waals surface area contributed by atoms with Crippen LogP contribution < -0.4 is 0 Å². The lowest BCUT2D eigenvalue weighted by molar-refractivity contribution is 0.672. The Bertz CT molecular complexity index is 3150. The van der Waals surface area contributed by atoms with E-state index in [1.165, 1.54) is 25.7 Å². The number of furan rings is 1. The Balaban J connectivity index is 1.06. The fraction of sp³-hybridized carbons (Fsp3) is 0. The monoisotopic (exact) mass is 708 g/mol. The number of thiophene rings is 1. The third kappa shape index (κ3) is 4.99. The van der Waals surface area contributed by atoms with Gasteiger partial charge in [-0.05, 0) is 35.4 Å². The second kappa shape index (κ2) is 12.3. The number of rotatable bonds is 5. The van der Waals surface area contributed by atoms with E-state index >= 15 is 0 Å². The molecule has 0 aliphatic carbocycles. The van der Waals surface area contributed by atoms with Gasteiger partial charge in [0.1, 0.15) is 11.2 Å². The summed E-state index contributed by atoms with van der Waals surface area (Å²) in [5, 5.41) is 5.60. The molecule has 0 fully saturated rings. The molecule has 0 unspecified atom stereocenters. The van der Waals surface area contributed by atoms with Crippen LogP contribution in [0.15, 0.2) is 174 Å². The van der Waals surface area contributed by atoms with Crippen molar-refractivity contribution in [2.24, 2.45) is 0 Å². The third-order valence-corrected chi connectivity index (χ3v) is 11.4. The summed E-state index contributed by atoms with van der Waals surface area (Å²) in [7, 11) is 0. The highest BCUT2D eigenvalue weighted by Crippen LogP contribution is 2.43. The zero-order valence-electron chi connectivity index (χ0n) is 28.8. The predicted molar refractivity (Wildman–Crippen MR) is 222 cm³/mol. The predicted octanol–water partition coefficient (Wildman–Crippen LogP) is 13.0. The smallest absolute Gasteiger partial charge is 0.164 e. The van der Waals surface area contributed by atoms with Crippen LogP contribution in [-0.4, -0.2) is 19.9 Å². The Hall–Kier alpha value is -7.02. The van der Waals surface area contributed by atoms with Crippen molar-refractivity contribution in [2.45, 2.75) is 0 Å². The number of hydrogen-bond donors (Lipinski definition) is 0. The van der Waals surface area contributed by atoms with E-state index in [1.807, 2.05) is 84.1 Å². The normalized spacial score (nSPS) is 11.7. The van der Waals surface area contributed by atoms with Gasteiger partial charge in [-0.3, -0.25) is 0 Å². The highest BCUT2D eigenvalue weighted by molar-refractivity contribution is 7.26. The summed E-state index contributed by atoms with van der Waals surface area (Å²) in [6, 6.07) is 58.5. The Kier molecular flexibility index (Phi) is 6.97. The quantitative estimate of drug-likeness (QED) is 0.178. The molecule has 0 spiro atoms. The fourth-order valence-electron chi connectivity index (χ4n) is 7.53. The number of pyridine rings is 1. The van der Waals surface area contributed by atoms with Crippen LogP contribution in [0.4, 0.5) is 0 Å². The number of hydrogen-bond acceptors (Lipinski definition) is 6. The van der Waals surface area contributed by atoms with Crippen molar-refractivity contribution in [1.82, 2.24) is 19.9 Å². The third-order valence-electron chi connectivity index (χ3n) is 10.1. The average Bonchev–Trinajstić information content (AvgIpc) is 3.83. The first-order chi connectivity index (χ1) is 26.7. The van der Waals surface area contributed by atoms with E-state index in [2.05, 4.69) is 97.1 Å². The molecule has 4 aromatic heterocycles. The Labute approximate surface area is 313 Å².